The molecule has 0 radical (unpaired) electrons. The zero-order valence-corrected chi connectivity index (χ0v) is 15.4. The molecule has 3 aromatic rings. The number of nitrogens with zero attached hydrogens (tertiary/aromatic N) is 4. The molecule has 144 valence electrons. The smallest absolute Gasteiger partial charge is 0.306 e. The molecule has 3 heterocycles. The summed E-state index contributed by atoms with van der Waals surface area (Å²) in [5.41, 5.74) is 2.49. The van der Waals surface area contributed by atoms with Crippen molar-refractivity contribution in [3.05, 3.63) is 42.2 Å². The maximum absolute atomic E-state index is 12.0. The molecule has 0 unspecified atom stereocenters. The third-order valence-electron chi connectivity index (χ3n) is 5.19. The Morgan fingerprint density at radius 3 is 2.57 bits per heavy atom. The standard InChI is InChI=1S/C20H20N4O4/c1-28-15-4-2-13(3-5-15)17-16(12-25)18-19(21-8-11-24(18)22-17)23-9-6-14(7-10-23)20(26)27/h2-5,8,11-12,14H,6-7,9-10H2,1H3,(H,26,27). The summed E-state index contributed by atoms with van der Waals surface area (Å²) in [6.45, 7) is 1.15. The van der Waals surface area contributed by atoms with Gasteiger partial charge in [0.2, 0.25) is 0 Å². The summed E-state index contributed by atoms with van der Waals surface area (Å²) < 4.78 is 6.85. The summed E-state index contributed by atoms with van der Waals surface area (Å²) in [6, 6.07) is 7.37. The second-order valence-electron chi connectivity index (χ2n) is 6.75. The molecule has 1 N–H and O–H groups in total. The zero-order valence-electron chi connectivity index (χ0n) is 15.4. The average Bonchev–Trinajstić information content (AvgIpc) is 3.12. The topological polar surface area (TPSA) is 97.0 Å². The van der Waals surface area contributed by atoms with Gasteiger partial charge in [0.25, 0.3) is 0 Å². The molecule has 1 aliphatic rings. The highest BCUT2D eigenvalue weighted by molar-refractivity contribution is 5.98. The Labute approximate surface area is 161 Å². The van der Waals surface area contributed by atoms with Gasteiger partial charge in [0.15, 0.2) is 12.1 Å². The normalized spacial score (nSPS) is 15.0. The number of hydrogen-bond donors (Lipinski definition) is 1. The van der Waals surface area contributed by atoms with E-state index in [1.807, 2.05) is 29.2 Å². The van der Waals surface area contributed by atoms with Gasteiger partial charge < -0.3 is 14.7 Å². The predicted molar refractivity (Wildman–Crippen MR) is 103 cm³/mol. The minimum atomic E-state index is -0.759. The Bertz CT molecular complexity index is 1020. The Balaban J connectivity index is 1.76. The van der Waals surface area contributed by atoms with Crippen LogP contribution in [0.15, 0.2) is 36.7 Å². The monoisotopic (exact) mass is 380 g/mol. The van der Waals surface area contributed by atoms with Gasteiger partial charge in [-0.05, 0) is 37.1 Å². The number of carboxylic acid groups (broad SMARTS) is 1. The summed E-state index contributed by atoms with van der Waals surface area (Å²) in [5, 5.41) is 13.8. The highest BCUT2D eigenvalue weighted by Crippen LogP contribution is 2.32. The molecule has 28 heavy (non-hydrogen) atoms. The highest BCUT2D eigenvalue weighted by Gasteiger charge is 2.27. The van der Waals surface area contributed by atoms with Crippen molar-refractivity contribution in [2.45, 2.75) is 12.8 Å². The lowest BCUT2D eigenvalue weighted by molar-refractivity contribution is -0.142. The second kappa shape index (κ2) is 7.30. The van der Waals surface area contributed by atoms with E-state index in [2.05, 4.69) is 10.1 Å². The van der Waals surface area contributed by atoms with Crippen LogP contribution in [0.1, 0.15) is 23.2 Å². The van der Waals surface area contributed by atoms with Gasteiger partial charge in [-0.1, -0.05) is 0 Å². The molecule has 8 heteroatoms. The van der Waals surface area contributed by atoms with Crippen LogP contribution in [0.25, 0.3) is 16.8 Å². The second-order valence-corrected chi connectivity index (χ2v) is 6.75. The Morgan fingerprint density at radius 1 is 1.25 bits per heavy atom. The van der Waals surface area contributed by atoms with Crippen molar-refractivity contribution in [1.82, 2.24) is 14.6 Å². The minimum Gasteiger partial charge on any atom is -0.497 e. The Hall–Kier alpha value is -3.42. The van der Waals surface area contributed by atoms with Crippen molar-refractivity contribution in [2.75, 3.05) is 25.1 Å². The van der Waals surface area contributed by atoms with E-state index >= 15 is 0 Å². The van der Waals surface area contributed by atoms with Crippen LogP contribution in [-0.4, -0.2) is 52.2 Å². The van der Waals surface area contributed by atoms with Gasteiger partial charge in [0.05, 0.1) is 18.6 Å². The first kappa shape index (κ1) is 18.0. The molecule has 1 aliphatic heterocycles. The van der Waals surface area contributed by atoms with E-state index in [9.17, 15) is 14.7 Å². The van der Waals surface area contributed by atoms with Gasteiger partial charge in [-0.2, -0.15) is 5.10 Å². The van der Waals surface area contributed by atoms with Crippen molar-refractivity contribution in [2.24, 2.45) is 5.92 Å². The Morgan fingerprint density at radius 2 is 1.96 bits per heavy atom. The number of carboxylic acids is 1. The lowest BCUT2D eigenvalue weighted by Gasteiger charge is -2.31. The number of benzene rings is 1. The van der Waals surface area contributed by atoms with Crippen LogP contribution in [0.3, 0.4) is 0 Å². The van der Waals surface area contributed by atoms with Crippen LogP contribution >= 0.6 is 0 Å². The fourth-order valence-corrected chi connectivity index (χ4v) is 3.65. The SMILES string of the molecule is COc1ccc(-c2nn3ccnc(N4CCC(C(=O)O)CC4)c3c2C=O)cc1. The van der Waals surface area contributed by atoms with E-state index in [-0.39, 0.29) is 5.92 Å². The van der Waals surface area contributed by atoms with E-state index in [1.165, 1.54) is 0 Å². The lowest BCUT2D eigenvalue weighted by atomic mass is 9.97. The molecular formula is C20H20N4O4. The van der Waals surface area contributed by atoms with Gasteiger partial charge in [-0.15, -0.1) is 0 Å². The molecule has 0 spiro atoms. The average molecular weight is 380 g/mol. The molecule has 0 bridgehead atoms. The van der Waals surface area contributed by atoms with E-state index in [0.717, 1.165) is 17.6 Å². The fourth-order valence-electron chi connectivity index (χ4n) is 3.65. The number of ether oxygens (including phenoxy) is 1. The maximum atomic E-state index is 12.0. The van der Waals surface area contributed by atoms with Gasteiger partial charge in [-0.3, -0.25) is 9.59 Å². The van der Waals surface area contributed by atoms with E-state index in [1.54, 1.807) is 24.0 Å². The number of aldehydes is 1. The van der Waals surface area contributed by atoms with Crippen LogP contribution in [0, 0.1) is 5.92 Å². The number of rotatable bonds is 5. The number of piperidine rings is 1. The minimum absolute atomic E-state index is 0.332. The summed E-state index contributed by atoms with van der Waals surface area (Å²) in [5.74, 6) is 0.288. The van der Waals surface area contributed by atoms with Crippen molar-refractivity contribution in [3.8, 4) is 17.0 Å². The highest BCUT2D eigenvalue weighted by atomic mass is 16.5. The fraction of sp³-hybridized carbons (Fsp3) is 0.300. The van der Waals surface area contributed by atoms with Gasteiger partial charge in [0.1, 0.15) is 17.0 Å². The number of fused-ring (bicyclic) bond motifs is 1. The first-order valence-corrected chi connectivity index (χ1v) is 9.07. The molecule has 0 atom stereocenters. The zero-order chi connectivity index (χ0) is 19.7. The van der Waals surface area contributed by atoms with E-state index in [0.29, 0.717) is 48.5 Å². The molecule has 0 saturated carbocycles. The molecule has 0 aliphatic carbocycles. The number of aliphatic carboxylic acids is 1. The quantitative estimate of drug-likeness (QED) is 0.679. The molecule has 0 amide bonds. The van der Waals surface area contributed by atoms with Crippen molar-refractivity contribution in [1.29, 1.82) is 0 Å². The number of methoxy groups -OCH3 is 1. The third-order valence-corrected chi connectivity index (χ3v) is 5.19. The summed E-state index contributed by atoms with van der Waals surface area (Å²) >= 11 is 0. The number of aromatic nitrogens is 3. The summed E-state index contributed by atoms with van der Waals surface area (Å²) in [7, 11) is 1.60. The van der Waals surface area contributed by atoms with Gasteiger partial charge >= 0.3 is 5.97 Å². The molecule has 2 aromatic heterocycles. The molecule has 1 saturated heterocycles. The molecule has 8 nitrogen and oxygen atoms in total. The van der Waals surface area contributed by atoms with Crippen molar-refractivity contribution in [3.63, 3.8) is 0 Å². The first-order chi connectivity index (χ1) is 13.6. The molecule has 1 fully saturated rings. The molecule has 1 aromatic carbocycles. The summed E-state index contributed by atoms with van der Waals surface area (Å²) in [4.78, 5) is 29.7. The van der Waals surface area contributed by atoms with Crippen molar-refractivity contribution < 1.29 is 19.4 Å². The number of anilines is 1. The van der Waals surface area contributed by atoms with Gasteiger partial charge in [-0.25, -0.2) is 9.50 Å². The van der Waals surface area contributed by atoms with E-state index < -0.39 is 5.97 Å². The molecular weight excluding hydrogens is 360 g/mol. The van der Waals surface area contributed by atoms with Crippen LogP contribution < -0.4 is 9.64 Å². The molecule has 4 rings (SSSR count). The largest absolute Gasteiger partial charge is 0.497 e. The van der Waals surface area contributed by atoms with Crippen LogP contribution in [0.2, 0.25) is 0 Å². The number of hydrogen-bond acceptors (Lipinski definition) is 6. The maximum Gasteiger partial charge on any atom is 0.306 e. The van der Waals surface area contributed by atoms with Crippen LogP contribution in [-0.2, 0) is 4.79 Å². The lowest BCUT2D eigenvalue weighted by Crippen LogP contribution is -2.37. The number of carbonyl (C=O) groups excluding carboxylic acids is 1. The number of carbonyl (C=O) groups is 2. The first-order valence-electron chi connectivity index (χ1n) is 9.07. The third kappa shape index (κ3) is 3.06. The van der Waals surface area contributed by atoms with Crippen molar-refractivity contribution >= 4 is 23.6 Å². The van der Waals surface area contributed by atoms with Gasteiger partial charge in [0, 0.05) is 31.0 Å². The predicted octanol–water partition coefficient (Wildman–Crippen LogP) is 2.52. The summed E-state index contributed by atoms with van der Waals surface area (Å²) in [6.07, 6.45) is 5.26. The Kier molecular flexibility index (Phi) is 4.68. The van der Waals surface area contributed by atoms with E-state index in [4.69, 9.17) is 4.74 Å². The van der Waals surface area contributed by atoms with Crippen LogP contribution in [0.5, 0.6) is 5.75 Å². The van der Waals surface area contributed by atoms with Crippen LogP contribution in [0.4, 0.5) is 5.82 Å².